The number of hydrogen-bond acceptors (Lipinski definition) is 4. The van der Waals surface area contributed by atoms with Gasteiger partial charge in [0.1, 0.15) is 17.4 Å². The molecule has 2 aliphatic rings. The van der Waals surface area contributed by atoms with E-state index in [9.17, 15) is 18.0 Å². The molecule has 2 heterocycles. The molecular formula is C25H28ClF3N2O3. The van der Waals surface area contributed by atoms with Gasteiger partial charge in [-0.1, -0.05) is 42.8 Å². The van der Waals surface area contributed by atoms with Crippen molar-refractivity contribution in [3.8, 4) is 5.75 Å². The molecule has 4 rings (SSSR count). The second-order valence-electron chi connectivity index (χ2n) is 9.07. The fourth-order valence-corrected chi connectivity index (χ4v) is 5.36. The molecule has 34 heavy (non-hydrogen) atoms. The predicted molar refractivity (Wildman–Crippen MR) is 123 cm³/mol. The lowest BCUT2D eigenvalue weighted by Gasteiger charge is -2.46. The number of rotatable bonds is 6. The van der Waals surface area contributed by atoms with Crippen LogP contribution in [0.2, 0.25) is 5.02 Å². The van der Waals surface area contributed by atoms with Crippen LogP contribution in [0.4, 0.5) is 13.2 Å². The minimum absolute atomic E-state index is 0.0486. The van der Waals surface area contributed by atoms with Crippen molar-refractivity contribution < 1.29 is 27.4 Å². The predicted octanol–water partition coefficient (Wildman–Crippen LogP) is 5.02. The van der Waals surface area contributed by atoms with Gasteiger partial charge in [-0.05, 0) is 42.7 Å². The van der Waals surface area contributed by atoms with Gasteiger partial charge in [-0.3, -0.25) is 9.69 Å². The quantitative estimate of drug-likeness (QED) is 0.610. The van der Waals surface area contributed by atoms with Crippen molar-refractivity contribution in [2.24, 2.45) is 5.73 Å². The van der Waals surface area contributed by atoms with E-state index in [0.717, 1.165) is 17.7 Å². The molecule has 0 aromatic heterocycles. The summed E-state index contributed by atoms with van der Waals surface area (Å²) in [5.74, 6) is -0.314. The van der Waals surface area contributed by atoms with E-state index in [1.165, 1.54) is 12.1 Å². The lowest BCUT2D eigenvalue weighted by atomic mass is 9.79. The Labute approximate surface area is 202 Å². The van der Waals surface area contributed by atoms with Gasteiger partial charge in [0.05, 0.1) is 11.7 Å². The monoisotopic (exact) mass is 496 g/mol. The average molecular weight is 497 g/mol. The molecule has 2 N–H and O–H groups in total. The van der Waals surface area contributed by atoms with Crippen molar-refractivity contribution in [2.45, 2.75) is 56.0 Å². The van der Waals surface area contributed by atoms with E-state index in [2.05, 4.69) is 0 Å². The number of benzene rings is 2. The highest BCUT2D eigenvalue weighted by Gasteiger charge is 2.50. The van der Waals surface area contributed by atoms with E-state index in [1.54, 1.807) is 0 Å². The average Bonchev–Trinajstić information content (AvgIpc) is 3.27. The molecule has 2 aromatic carbocycles. The fourth-order valence-electron chi connectivity index (χ4n) is 5.06. The van der Waals surface area contributed by atoms with E-state index in [0.29, 0.717) is 44.0 Å². The van der Waals surface area contributed by atoms with Crippen LogP contribution in [0, 0.1) is 0 Å². The fraction of sp³-hybridized carbons (Fsp3) is 0.480. The van der Waals surface area contributed by atoms with E-state index in [1.807, 2.05) is 36.1 Å². The SMILES string of the molecule is C[C@@H](c1ccccc1Cl)C1CC(C(N)=O)(N2CCC(Oc3cccc(C(F)(F)F)c3)C2)CCO1. The second kappa shape index (κ2) is 9.76. The third-order valence-corrected chi connectivity index (χ3v) is 7.36. The number of likely N-dealkylation sites (tertiary alicyclic amines) is 1. The van der Waals surface area contributed by atoms with E-state index in [4.69, 9.17) is 26.8 Å². The molecule has 0 bridgehead atoms. The minimum Gasteiger partial charge on any atom is -0.489 e. The molecule has 2 aliphatic heterocycles. The van der Waals surface area contributed by atoms with E-state index >= 15 is 0 Å². The molecule has 184 valence electrons. The van der Waals surface area contributed by atoms with Gasteiger partial charge in [0.2, 0.25) is 5.91 Å². The highest BCUT2D eigenvalue weighted by Crippen LogP contribution is 2.40. The number of amides is 1. The number of nitrogens with zero attached hydrogens (tertiary/aromatic N) is 1. The third-order valence-electron chi connectivity index (χ3n) is 7.01. The van der Waals surface area contributed by atoms with Gasteiger partial charge in [-0.15, -0.1) is 0 Å². The summed E-state index contributed by atoms with van der Waals surface area (Å²) < 4.78 is 51.0. The molecule has 9 heteroatoms. The standard InChI is InChI=1S/C25H28ClF3N2O3/c1-16(20-7-2-3-8-21(20)26)22-14-24(23(30)32,10-12-33-22)31-11-9-19(15-31)34-18-6-4-5-17(13-18)25(27,28)29/h2-8,13,16,19,22H,9-12,14-15H2,1H3,(H2,30,32)/t16-,19?,22?,24?/m0/s1. The maximum Gasteiger partial charge on any atom is 0.416 e. The zero-order valence-electron chi connectivity index (χ0n) is 18.9. The third kappa shape index (κ3) is 5.04. The maximum absolute atomic E-state index is 13.0. The first-order valence-electron chi connectivity index (χ1n) is 11.3. The Morgan fingerprint density at radius 3 is 2.74 bits per heavy atom. The number of primary amides is 1. The van der Waals surface area contributed by atoms with E-state index in [-0.39, 0.29) is 23.9 Å². The van der Waals surface area contributed by atoms with Gasteiger partial charge in [0, 0.05) is 37.1 Å². The number of nitrogens with two attached hydrogens (primary N) is 1. The first kappa shape index (κ1) is 24.8. The summed E-state index contributed by atoms with van der Waals surface area (Å²) >= 11 is 6.39. The summed E-state index contributed by atoms with van der Waals surface area (Å²) in [7, 11) is 0. The highest BCUT2D eigenvalue weighted by atomic mass is 35.5. The molecule has 0 spiro atoms. The van der Waals surface area contributed by atoms with Crippen molar-refractivity contribution in [3.05, 3.63) is 64.7 Å². The summed E-state index contributed by atoms with van der Waals surface area (Å²) in [6, 6.07) is 12.4. The number of ether oxygens (including phenoxy) is 2. The lowest BCUT2D eigenvalue weighted by Crippen LogP contribution is -2.61. The van der Waals surface area contributed by atoms with Gasteiger partial charge in [-0.25, -0.2) is 0 Å². The normalized spacial score (nSPS) is 26.9. The van der Waals surface area contributed by atoms with Gasteiger partial charge >= 0.3 is 6.18 Å². The first-order valence-corrected chi connectivity index (χ1v) is 11.7. The Morgan fingerprint density at radius 1 is 1.26 bits per heavy atom. The molecule has 5 nitrogen and oxygen atoms in total. The number of carbonyl (C=O) groups is 1. The first-order chi connectivity index (χ1) is 16.1. The smallest absolute Gasteiger partial charge is 0.416 e. The van der Waals surface area contributed by atoms with Crippen molar-refractivity contribution >= 4 is 17.5 Å². The summed E-state index contributed by atoms with van der Waals surface area (Å²) in [6.07, 6.45) is -3.61. The molecule has 0 radical (unpaired) electrons. The van der Waals surface area contributed by atoms with Crippen LogP contribution < -0.4 is 10.5 Å². The zero-order valence-corrected chi connectivity index (χ0v) is 19.6. The molecule has 4 atom stereocenters. The molecule has 2 saturated heterocycles. The molecule has 1 amide bonds. The van der Waals surface area contributed by atoms with Crippen LogP contribution in [0.1, 0.15) is 43.2 Å². The van der Waals surface area contributed by atoms with Gasteiger partial charge < -0.3 is 15.2 Å². The van der Waals surface area contributed by atoms with Gasteiger partial charge in [-0.2, -0.15) is 13.2 Å². The molecule has 0 aliphatic carbocycles. The molecule has 2 fully saturated rings. The van der Waals surface area contributed by atoms with Crippen molar-refractivity contribution in [1.29, 1.82) is 0 Å². The van der Waals surface area contributed by atoms with Crippen molar-refractivity contribution in [3.63, 3.8) is 0 Å². The second-order valence-corrected chi connectivity index (χ2v) is 9.48. The molecular weight excluding hydrogens is 469 g/mol. The summed E-state index contributed by atoms with van der Waals surface area (Å²) in [6.45, 7) is 3.34. The van der Waals surface area contributed by atoms with Crippen LogP contribution in [-0.4, -0.2) is 48.3 Å². The van der Waals surface area contributed by atoms with Crippen LogP contribution in [0.5, 0.6) is 5.75 Å². The number of hydrogen-bond donors (Lipinski definition) is 1. The Hall–Kier alpha value is -2.29. The van der Waals surface area contributed by atoms with Crippen LogP contribution in [0.25, 0.3) is 0 Å². The number of alkyl halides is 3. The van der Waals surface area contributed by atoms with Crippen LogP contribution in [0.3, 0.4) is 0 Å². The van der Waals surface area contributed by atoms with Crippen molar-refractivity contribution in [1.82, 2.24) is 4.90 Å². The van der Waals surface area contributed by atoms with Gasteiger partial charge in [0.15, 0.2) is 0 Å². The maximum atomic E-state index is 13.0. The minimum atomic E-state index is -4.44. The Morgan fingerprint density at radius 2 is 2.03 bits per heavy atom. The van der Waals surface area contributed by atoms with Crippen molar-refractivity contribution in [2.75, 3.05) is 19.7 Å². The van der Waals surface area contributed by atoms with E-state index < -0.39 is 23.2 Å². The summed E-state index contributed by atoms with van der Waals surface area (Å²) in [4.78, 5) is 14.8. The summed E-state index contributed by atoms with van der Waals surface area (Å²) in [5, 5.41) is 0.643. The number of carbonyl (C=O) groups excluding carboxylic acids is 1. The molecule has 3 unspecified atom stereocenters. The Kier molecular flexibility index (Phi) is 7.12. The summed E-state index contributed by atoms with van der Waals surface area (Å²) in [5.41, 5.74) is 5.23. The van der Waals surface area contributed by atoms with Crippen LogP contribution in [0.15, 0.2) is 48.5 Å². The van der Waals surface area contributed by atoms with Gasteiger partial charge in [0.25, 0.3) is 0 Å². The van der Waals surface area contributed by atoms with Crippen LogP contribution in [-0.2, 0) is 15.7 Å². The lowest BCUT2D eigenvalue weighted by molar-refractivity contribution is -0.142. The van der Waals surface area contributed by atoms with Crippen LogP contribution >= 0.6 is 11.6 Å². The zero-order chi connectivity index (χ0) is 24.5. The number of halogens is 4. The topological polar surface area (TPSA) is 64.8 Å². The molecule has 0 saturated carbocycles. The molecule has 2 aromatic rings. The Bertz CT molecular complexity index is 1030. The largest absolute Gasteiger partial charge is 0.489 e. The Balaban J connectivity index is 1.48. The highest BCUT2D eigenvalue weighted by molar-refractivity contribution is 6.31.